The highest BCUT2D eigenvalue weighted by Crippen LogP contribution is 2.81. The number of nitrogens with zero attached hydrogens (tertiary/aromatic N) is 1. The standard InChI is InChI=1S/C34H47NO11/c1-7-35-15-31(16-41-3)20(37)13-21(42-4)33-26(31)25(44-6)22(28(33)35)34(46-17(2)36)27-23(45-30(39)18-11-9-8-10-12-18)19(14-32(27,33)40)24(43-5)29(34)38/h8-12,19-29,37-38,40H,7,13-16H2,1-6H3. The Morgan fingerprint density at radius 1 is 0.978 bits per heavy atom. The van der Waals surface area contributed by atoms with E-state index in [9.17, 15) is 24.9 Å². The van der Waals surface area contributed by atoms with E-state index in [0.717, 1.165) is 0 Å². The lowest BCUT2D eigenvalue weighted by Gasteiger charge is -2.72. The second-order valence-electron chi connectivity index (χ2n) is 14.4. The fourth-order valence-electron chi connectivity index (χ4n) is 12.3. The predicted molar refractivity (Wildman–Crippen MR) is 160 cm³/mol. The highest BCUT2D eigenvalue weighted by molar-refractivity contribution is 5.89. The molecule has 46 heavy (non-hydrogen) atoms. The molecule has 5 saturated carbocycles. The molecule has 0 aromatic heterocycles. The number of carbonyl (C=O) groups is 2. The first-order chi connectivity index (χ1) is 22.0. The highest BCUT2D eigenvalue weighted by atomic mass is 16.6. The van der Waals surface area contributed by atoms with E-state index in [4.69, 9.17) is 28.4 Å². The van der Waals surface area contributed by atoms with Gasteiger partial charge in [0.05, 0.1) is 48.1 Å². The summed E-state index contributed by atoms with van der Waals surface area (Å²) in [5.74, 6) is -4.19. The molecule has 0 amide bonds. The SMILES string of the molecule is CCN1CC2(COC)C(O)CC(OC)C34C1C(C(OC)C23)C1(OC(C)=O)C(O)C(OC)C2CC4(O)C1C2OC(=O)c1ccccc1. The normalized spacial score (nSPS) is 49.9. The van der Waals surface area contributed by atoms with Crippen LogP contribution in [-0.2, 0) is 33.2 Å². The lowest BCUT2D eigenvalue weighted by atomic mass is 9.40. The summed E-state index contributed by atoms with van der Waals surface area (Å²) in [5.41, 5.74) is -5.17. The number of fused-ring (bicyclic) bond motifs is 2. The van der Waals surface area contributed by atoms with Gasteiger partial charge in [0.2, 0.25) is 0 Å². The van der Waals surface area contributed by atoms with Gasteiger partial charge in [-0.15, -0.1) is 0 Å². The summed E-state index contributed by atoms with van der Waals surface area (Å²) in [6.45, 7) is 4.47. The topological polar surface area (TPSA) is 153 Å². The second-order valence-corrected chi connectivity index (χ2v) is 14.4. The molecule has 1 aromatic carbocycles. The number of ether oxygens (including phenoxy) is 6. The van der Waals surface area contributed by atoms with Crippen molar-refractivity contribution < 1.29 is 53.3 Å². The first-order valence-corrected chi connectivity index (χ1v) is 16.4. The van der Waals surface area contributed by atoms with Crippen LogP contribution in [-0.4, -0.2) is 134 Å². The van der Waals surface area contributed by atoms with E-state index in [2.05, 4.69) is 4.90 Å². The average Bonchev–Trinajstić information content (AvgIpc) is 3.43. The summed E-state index contributed by atoms with van der Waals surface area (Å²) < 4.78 is 37.4. The third-order valence-corrected chi connectivity index (χ3v) is 13.2. The molecule has 15 atom stereocenters. The summed E-state index contributed by atoms with van der Waals surface area (Å²) in [4.78, 5) is 29.2. The molecule has 1 heterocycles. The highest BCUT2D eigenvalue weighted by Gasteiger charge is 2.94. The molecule has 1 aromatic rings. The van der Waals surface area contributed by atoms with E-state index in [1.54, 1.807) is 51.7 Å². The lowest BCUT2D eigenvalue weighted by Crippen LogP contribution is -2.85. The van der Waals surface area contributed by atoms with Gasteiger partial charge in [0.25, 0.3) is 0 Å². The second kappa shape index (κ2) is 10.9. The number of benzene rings is 1. The van der Waals surface area contributed by atoms with E-state index in [1.165, 1.54) is 14.0 Å². The zero-order valence-corrected chi connectivity index (χ0v) is 27.3. The van der Waals surface area contributed by atoms with Gasteiger partial charge < -0.3 is 43.7 Å². The molecule has 12 heteroatoms. The Bertz CT molecular complexity index is 1360. The minimum Gasteiger partial charge on any atom is -0.458 e. The summed E-state index contributed by atoms with van der Waals surface area (Å²) in [7, 11) is 6.24. The molecular formula is C34H47NO11. The van der Waals surface area contributed by atoms with Gasteiger partial charge in [0, 0.05) is 83.0 Å². The zero-order valence-electron chi connectivity index (χ0n) is 27.3. The van der Waals surface area contributed by atoms with Gasteiger partial charge in [0.15, 0.2) is 5.60 Å². The van der Waals surface area contributed by atoms with Crippen LogP contribution in [0.1, 0.15) is 37.0 Å². The van der Waals surface area contributed by atoms with Crippen molar-refractivity contribution >= 4 is 11.9 Å². The van der Waals surface area contributed by atoms with Gasteiger partial charge in [-0.05, 0) is 25.1 Å². The van der Waals surface area contributed by atoms with Crippen LogP contribution in [0.4, 0.5) is 0 Å². The minimum absolute atomic E-state index is 0.0791. The van der Waals surface area contributed by atoms with E-state index >= 15 is 0 Å². The van der Waals surface area contributed by atoms with Crippen molar-refractivity contribution in [3.05, 3.63) is 35.9 Å². The molecule has 6 fully saturated rings. The molecule has 7 bridgehead atoms. The molecule has 7 rings (SSSR count). The van der Waals surface area contributed by atoms with Crippen LogP contribution in [0.3, 0.4) is 0 Å². The van der Waals surface area contributed by atoms with Crippen LogP contribution in [0.5, 0.6) is 0 Å². The lowest BCUT2D eigenvalue weighted by molar-refractivity contribution is -0.352. The predicted octanol–water partition coefficient (Wildman–Crippen LogP) is 0.648. The Morgan fingerprint density at radius 2 is 1.67 bits per heavy atom. The number of rotatable bonds is 9. The van der Waals surface area contributed by atoms with Crippen molar-refractivity contribution in [2.45, 2.75) is 80.6 Å². The van der Waals surface area contributed by atoms with Crippen molar-refractivity contribution in [1.82, 2.24) is 4.90 Å². The molecule has 3 N–H and O–H groups in total. The third kappa shape index (κ3) is 3.57. The Labute approximate surface area is 269 Å². The van der Waals surface area contributed by atoms with Crippen molar-refractivity contribution in [2.24, 2.45) is 34.5 Å². The Morgan fingerprint density at radius 3 is 2.26 bits per heavy atom. The van der Waals surface area contributed by atoms with Crippen LogP contribution < -0.4 is 0 Å². The van der Waals surface area contributed by atoms with E-state index < -0.39 is 100 Å². The summed E-state index contributed by atoms with van der Waals surface area (Å²) in [5, 5.41) is 38.3. The number of aliphatic hydroxyl groups is 3. The molecule has 0 radical (unpaired) electrons. The number of methoxy groups -OCH3 is 4. The maximum Gasteiger partial charge on any atom is 0.338 e. The molecule has 1 saturated heterocycles. The molecule has 1 spiro atoms. The van der Waals surface area contributed by atoms with Gasteiger partial charge >= 0.3 is 11.9 Å². The number of hydrogen-bond donors (Lipinski definition) is 3. The maximum atomic E-state index is 13.8. The number of aliphatic hydroxyl groups excluding tert-OH is 2. The largest absolute Gasteiger partial charge is 0.458 e. The number of carbonyl (C=O) groups excluding carboxylic acids is 2. The smallest absolute Gasteiger partial charge is 0.338 e. The summed E-state index contributed by atoms with van der Waals surface area (Å²) in [6, 6.07) is 8.10. The van der Waals surface area contributed by atoms with Crippen LogP contribution in [0.2, 0.25) is 0 Å². The van der Waals surface area contributed by atoms with Crippen LogP contribution in [0.25, 0.3) is 0 Å². The monoisotopic (exact) mass is 645 g/mol. The zero-order chi connectivity index (χ0) is 33.0. The van der Waals surface area contributed by atoms with Crippen molar-refractivity contribution in [3.8, 4) is 0 Å². The van der Waals surface area contributed by atoms with Crippen molar-refractivity contribution in [3.63, 3.8) is 0 Å². The minimum atomic E-state index is -1.79. The van der Waals surface area contributed by atoms with Gasteiger partial charge in [-0.3, -0.25) is 9.69 Å². The van der Waals surface area contributed by atoms with Crippen molar-refractivity contribution in [1.29, 1.82) is 0 Å². The molecule has 1 aliphatic heterocycles. The first-order valence-electron chi connectivity index (χ1n) is 16.4. The average molecular weight is 646 g/mol. The first kappa shape index (κ1) is 32.4. The molecular weight excluding hydrogens is 598 g/mol. The third-order valence-electron chi connectivity index (χ3n) is 13.2. The maximum absolute atomic E-state index is 13.8. The van der Waals surface area contributed by atoms with Crippen molar-refractivity contribution in [2.75, 3.05) is 48.1 Å². The summed E-state index contributed by atoms with van der Waals surface area (Å²) in [6.07, 6.45) is -5.24. The molecule has 5 aliphatic carbocycles. The number of piperidine rings is 1. The van der Waals surface area contributed by atoms with E-state index in [1.807, 2.05) is 6.92 Å². The van der Waals surface area contributed by atoms with Crippen LogP contribution in [0.15, 0.2) is 30.3 Å². The number of likely N-dealkylation sites (tertiary alicyclic amines) is 1. The summed E-state index contributed by atoms with van der Waals surface area (Å²) >= 11 is 0. The number of hydrogen-bond acceptors (Lipinski definition) is 12. The fourth-order valence-corrected chi connectivity index (χ4v) is 12.3. The Kier molecular flexibility index (Phi) is 7.69. The number of esters is 2. The van der Waals surface area contributed by atoms with Gasteiger partial charge in [0.1, 0.15) is 12.2 Å². The molecule has 15 unspecified atom stereocenters. The van der Waals surface area contributed by atoms with Crippen LogP contribution in [0, 0.1) is 34.5 Å². The molecule has 254 valence electrons. The Balaban J connectivity index is 1.54. The quantitative estimate of drug-likeness (QED) is 0.323. The van der Waals surface area contributed by atoms with E-state index in [0.29, 0.717) is 18.7 Å². The fraction of sp³-hybridized carbons (Fsp3) is 0.765. The molecule has 12 nitrogen and oxygen atoms in total. The van der Waals surface area contributed by atoms with Crippen LogP contribution >= 0.6 is 0 Å². The van der Waals surface area contributed by atoms with Gasteiger partial charge in [-0.2, -0.15) is 0 Å². The Hall–Kier alpha value is -2.16. The van der Waals surface area contributed by atoms with Gasteiger partial charge in [-0.1, -0.05) is 25.1 Å². The molecule has 6 aliphatic rings. The van der Waals surface area contributed by atoms with Gasteiger partial charge in [-0.25, -0.2) is 4.79 Å². The van der Waals surface area contributed by atoms with E-state index in [-0.39, 0.29) is 19.4 Å².